The Balaban J connectivity index is 2.06. The maximum Gasteiger partial charge on any atom is 0.416 e. The maximum atomic E-state index is 13.5. The average Bonchev–Trinajstić information content (AvgIpc) is 2.71. The van der Waals surface area contributed by atoms with Crippen LogP contribution in [0.1, 0.15) is 12.0 Å². The molecule has 2 aromatic rings. The molecule has 0 fully saturated rings. The van der Waals surface area contributed by atoms with Gasteiger partial charge in [0.05, 0.1) is 23.4 Å². The molecular formula is C22H16ClF7N2O. The van der Waals surface area contributed by atoms with Gasteiger partial charge in [-0.15, -0.1) is 0 Å². The number of pyridine rings is 1. The van der Waals surface area contributed by atoms with E-state index in [9.17, 15) is 35.5 Å². The number of allylic oxidation sites excluding steroid dienone is 3. The molecule has 3 nitrogen and oxygen atoms in total. The van der Waals surface area contributed by atoms with Crippen LogP contribution in [0.5, 0.6) is 0 Å². The highest BCUT2D eigenvalue weighted by Crippen LogP contribution is 2.42. The minimum atomic E-state index is -5.06. The average molecular weight is 493 g/mol. The lowest BCUT2D eigenvalue weighted by Crippen LogP contribution is -2.33. The summed E-state index contributed by atoms with van der Waals surface area (Å²) in [5, 5.41) is 0.0228. The van der Waals surface area contributed by atoms with Crippen LogP contribution in [0.4, 0.5) is 36.4 Å². The molecule has 0 saturated carbocycles. The Hall–Kier alpha value is -2.88. The van der Waals surface area contributed by atoms with Gasteiger partial charge in [0.25, 0.3) is 5.91 Å². The number of amides is 1. The van der Waals surface area contributed by atoms with Gasteiger partial charge in [-0.3, -0.25) is 4.79 Å². The molecule has 1 heterocycles. The predicted octanol–water partition coefficient (Wildman–Crippen LogP) is 6.81. The SMILES string of the molecule is Cc1cc(F)ccc1-c1cc(Cl)ncc1N(C)C(=O)C1=CC(C(F)(F)F)=CC(C(F)(F)F)C1. The number of hydrogen-bond donors (Lipinski definition) is 0. The van der Waals surface area contributed by atoms with E-state index < -0.39 is 47.6 Å². The van der Waals surface area contributed by atoms with Crippen molar-refractivity contribution in [2.45, 2.75) is 25.7 Å². The van der Waals surface area contributed by atoms with E-state index in [-0.39, 0.29) is 16.9 Å². The zero-order valence-electron chi connectivity index (χ0n) is 17.2. The van der Waals surface area contributed by atoms with Crippen LogP contribution in [-0.4, -0.2) is 30.3 Å². The highest BCUT2D eigenvalue weighted by molar-refractivity contribution is 6.29. The van der Waals surface area contributed by atoms with Crippen molar-refractivity contribution in [3.05, 3.63) is 70.3 Å². The lowest BCUT2D eigenvalue weighted by atomic mass is 9.88. The zero-order chi connectivity index (χ0) is 24.7. The third-order valence-corrected chi connectivity index (χ3v) is 5.37. The highest BCUT2D eigenvalue weighted by atomic mass is 35.5. The van der Waals surface area contributed by atoms with Gasteiger partial charge in [0.1, 0.15) is 11.0 Å². The molecule has 1 aromatic heterocycles. The van der Waals surface area contributed by atoms with Crippen LogP contribution in [-0.2, 0) is 4.79 Å². The second-order valence-electron chi connectivity index (χ2n) is 7.49. The Morgan fingerprint density at radius 2 is 1.79 bits per heavy atom. The quantitative estimate of drug-likeness (QED) is 0.348. The van der Waals surface area contributed by atoms with Gasteiger partial charge >= 0.3 is 12.4 Å². The summed E-state index contributed by atoms with van der Waals surface area (Å²) in [6.45, 7) is 1.59. The van der Waals surface area contributed by atoms with E-state index in [0.29, 0.717) is 22.8 Å². The zero-order valence-corrected chi connectivity index (χ0v) is 17.9. The molecule has 1 aliphatic carbocycles. The monoisotopic (exact) mass is 492 g/mol. The van der Waals surface area contributed by atoms with Crippen molar-refractivity contribution in [2.24, 2.45) is 5.92 Å². The van der Waals surface area contributed by atoms with Gasteiger partial charge in [-0.25, -0.2) is 9.37 Å². The summed E-state index contributed by atoms with van der Waals surface area (Å²) in [5.41, 5.74) is -0.902. The Morgan fingerprint density at radius 1 is 1.12 bits per heavy atom. The molecule has 176 valence electrons. The number of halogens is 8. The fraction of sp³-hybridized carbons (Fsp3) is 0.273. The van der Waals surface area contributed by atoms with E-state index in [4.69, 9.17) is 11.6 Å². The van der Waals surface area contributed by atoms with Gasteiger partial charge in [0.15, 0.2) is 0 Å². The van der Waals surface area contributed by atoms with Crippen molar-refractivity contribution >= 4 is 23.2 Å². The molecule has 1 unspecified atom stereocenters. The topological polar surface area (TPSA) is 33.2 Å². The number of aromatic nitrogens is 1. The van der Waals surface area contributed by atoms with Crippen molar-refractivity contribution in [1.82, 2.24) is 4.98 Å². The van der Waals surface area contributed by atoms with E-state index in [0.717, 1.165) is 4.90 Å². The number of hydrogen-bond acceptors (Lipinski definition) is 2. The van der Waals surface area contributed by atoms with Gasteiger partial charge in [0.2, 0.25) is 0 Å². The Labute approximate surface area is 189 Å². The number of benzene rings is 1. The van der Waals surface area contributed by atoms with E-state index in [1.54, 1.807) is 6.92 Å². The summed E-state index contributed by atoms with van der Waals surface area (Å²) in [6.07, 6.45) is -9.30. The Bertz CT molecular complexity index is 1150. The summed E-state index contributed by atoms with van der Waals surface area (Å²) in [6, 6.07) is 5.19. The second kappa shape index (κ2) is 8.81. The molecule has 0 radical (unpaired) electrons. The molecule has 1 aliphatic rings. The molecule has 1 atom stereocenters. The first-order valence-electron chi connectivity index (χ1n) is 9.45. The number of anilines is 1. The van der Waals surface area contributed by atoms with Gasteiger partial charge in [-0.1, -0.05) is 23.7 Å². The van der Waals surface area contributed by atoms with Crippen LogP contribution in [0.3, 0.4) is 0 Å². The molecule has 0 aliphatic heterocycles. The molecule has 0 saturated heterocycles. The third-order valence-electron chi connectivity index (χ3n) is 5.17. The summed E-state index contributed by atoms with van der Waals surface area (Å²) in [7, 11) is 1.20. The second-order valence-corrected chi connectivity index (χ2v) is 7.88. The first-order valence-corrected chi connectivity index (χ1v) is 9.82. The lowest BCUT2D eigenvalue weighted by molar-refractivity contribution is -0.162. The number of nitrogens with zero attached hydrogens (tertiary/aromatic N) is 2. The van der Waals surface area contributed by atoms with E-state index in [1.807, 2.05) is 0 Å². The van der Waals surface area contributed by atoms with Crippen molar-refractivity contribution in [3.8, 4) is 11.1 Å². The molecule has 11 heteroatoms. The van der Waals surface area contributed by atoms with Gasteiger partial charge in [0, 0.05) is 18.2 Å². The normalized spacial score (nSPS) is 16.8. The lowest BCUT2D eigenvalue weighted by Gasteiger charge is -2.27. The van der Waals surface area contributed by atoms with Crippen LogP contribution in [0, 0.1) is 18.7 Å². The predicted molar refractivity (Wildman–Crippen MR) is 109 cm³/mol. The van der Waals surface area contributed by atoms with Crippen LogP contribution in [0.25, 0.3) is 11.1 Å². The molecule has 0 N–H and O–H groups in total. The van der Waals surface area contributed by atoms with Crippen molar-refractivity contribution in [3.63, 3.8) is 0 Å². The van der Waals surface area contributed by atoms with Crippen LogP contribution in [0.2, 0.25) is 5.15 Å². The molecule has 1 aromatic carbocycles. The first kappa shape index (κ1) is 24.8. The van der Waals surface area contributed by atoms with Crippen LogP contribution >= 0.6 is 11.6 Å². The molecule has 3 rings (SSSR count). The maximum absolute atomic E-state index is 13.5. The molecule has 0 spiro atoms. The van der Waals surface area contributed by atoms with Crippen LogP contribution in [0.15, 0.2) is 53.8 Å². The van der Waals surface area contributed by atoms with Gasteiger partial charge in [-0.2, -0.15) is 26.3 Å². The summed E-state index contributed by atoms with van der Waals surface area (Å²) in [5.74, 6) is -4.04. The largest absolute Gasteiger partial charge is 0.416 e. The molecule has 33 heavy (non-hydrogen) atoms. The number of rotatable bonds is 3. The molecular weight excluding hydrogens is 477 g/mol. The smallest absolute Gasteiger partial charge is 0.310 e. The number of carbonyl (C=O) groups excluding carboxylic acids is 1. The Kier molecular flexibility index (Phi) is 6.61. The Morgan fingerprint density at radius 3 is 2.36 bits per heavy atom. The molecule has 1 amide bonds. The summed E-state index contributed by atoms with van der Waals surface area (Å²) in [4.78, 5) is 17.8. The van der Waals surface area contributed by atoms with E-state index >= 15 is 0 Å². The fourth-order valence-electron chi connectivity index (χ4n) is 3.50. The van der Waals surface area contributed by atoms with E-state index in [2.05, 4.69) is 4.98 Å². The van der Waals surface area contributed by atoms with Gasteiger partial charge < -0.3 is 4.90 Å². The number of likely N-dealkylation sites (N-methyl/N-ethyl adjacent to an activating group) is 1. The van der Waals surface area contributed by atoms with E-state index in [1.165, 1.54) is 37.5 Å². The van der Waals surface area contributed by atoms with Gasteiger partial charge in [-0.05, 0) is 48.7 Å². The number of aryl methyl sites for hydroxylation is 1. The van der Waals surface area contributed by atoms with Crippen molar-refractivity contribution < 1.29 is 35.5 Å². The summed E-state index contributed by atoms with van der Waals surface area (Å²) >= 11 is 5.96. The minimum absolute atomic E-state index is 0.0228. The van der Waals surface area contributed by atoms with Crippen molar-refractivity contribution in [1.29, 1.82) is 0 Å². The summed E-state index contributed by atoms with van der Waals surface area (Å²) < 4.78 is 92.9. The highest BCUT2D eigenvalue weighted by Gasteiger charge is 2.45. The fourth-order valence-corrected chi connectivity index (χ4v) is 3.66. The standard InChI is InChI=1S/C22H16ClF7N2O/c1-11-5-15(24)3-4-16(11)17-9-19(23)31-10-18(17)32(2)20(33)12-6-13(21(25,26)27)8-14(7-12)22(28,29)30/h3-6,8-10,14H,7H2,1-2H3. The van der Waals surface area contributed by atoms with Crippen LogP contribution < -0.4 is 4.90 Å². The number of alkyl halides is 6. The molecule has 0 bridgehead atoms. The first-order chi connectivity index (χ1) is 15.2. The van der Waals surface area contributed by atoms with Crippen molar-refractivity contribution in [2.75, 3.05) is 11.9 Å². The number of carbonyl (C=O) groups is 1. The third kappa shape index (κ3) is 5.38. The minimum Gasteiger partial charge on any atom is -0.310 e.